The van der Waals surface area contributed by atoms with Gasteiger partial charge in [-0.05, 0) is 50.2 Å². The number of sulfonamides is 1. The molecule has 2 rings (SSSR count). The fourth-order valence-electron chi connectivity index (χ4n) is 2.63. The number of hydrogen-bond donors (Lipinski definition) is 2. The summed E-state index contributed by atoms with van der Waals surface area (Å²) in [6.45, 7) is 3.67. The monoisotopic (exact) mass is 406 g/mol. The average molecular weight is 406 g/mol. The molecule has 150 valence electrons. The Labute approximate surface area is 163 Å². The summed E-state index contributed by atoms with van der Waals surface area (Å²) in [5.41, 5.74) is 2.37. The third-order valence-electron chi connectivity index (χ3n) is 4.39. The summed E-state index contributed by atoms with van der Waals surface area (Å²) in [5.74, 6) is -0.350. The smallest absolute Gasteiger partial charge is 0.293 e. The van der Waals surface area contributed by atoms with E-state index in [1.165, 1.54) is 31.1 Å². The second kappa shape index (κ2) is 8.36. The van der Waals surface area contributed by atoms with E-state index in [0.29, 0.717) is 5.69 Å². The third-order valence-corrected chi connectivity index (χ3v) is 5.81. The summed E-state index contributed by atoms with van der Waals surface area (Å²) in [7, 11) is -1.08. The Morgan fingerprint density at radius 1 is 1.21 bits per heavy atom. The van der Waals surface area contributed by atoms with Gasteiger partial charge in [-0.25, -0.2) is 13.1 Å². The number of hydrogen-bond acceptors (Lipinski definition) is 6. The van der Waals surface area contributed by atoms with Gasteiger partial charge in [-0.15, -0.1) is 0 Å². The fourth-order valence-corrected chi connectivity index (χ4v) is 3.38. The van der Waals surface area contributed by atoms with E-state index in [-0.39, 0.29) is 23.0 Å². The Morgan fingerprint density at radius 2 is 1.89 bits per heavy atom. The molecule has 0 aliphatic heterocycles. The number of benzene rings is 2. The fraction of sp³-hybridized carbons (Fsp3) is 0.278. The van der Waals surface area contributed by atoms with E-state index in [2.05, 4.69) is 10.0 Å². The summed E-state index contributed by atoms with van der Waals surface area (Å²) in [6, 6.07) is 9.08. The minimum atomic E-state index is -3.82. The Bertz CT molecular complexity index is 1020. The van der Waals surface area contributed by atoms with E-state index < -0.39 is 20.6 Å². The van der Waals surface area contributed by atoms with Gasteiger partial charge in [0.25, 0.3) is 5.69 Å². The van der Waals surface area contributed by atoms with E-state index in [1.807, 2.05) is 26.0 Å². The summed E-state index contributed by atoms with van der Waals surface area (Å²) in [5, 5.41) is 14.2. The SMILES string of the molecule is CNS(=O)(=O)c1ccc(N(C)CC(=O)Nc2cccc(C)c2C)c([N+](=O)[O-])c1. The molecule has 0 aliphatic carbocycles. The van der Waals surface area contributed by atoms with Crippen LogP contribution in [0.4, 0.5) is 17.1 Å². The molecule has 10 heteroatoms. The van der Waals surface area contributed by atoms with Gasteiger partial charge in [-0.3, -0.25) is 14.9 Å². The minimum absolute atomic E-state index is 0.135. The van der Waals surface area contributed by atoms with Crippen molar-refractivity contribution < 1.29 is 18.1 Å². The van der Waals surface area contributed by atoms with Gasteiger partial charge in [-0.2, -0.15) is 0 Å². The summed E-state index contributed by atoms with van der Waals surface area (Å²) in [6.07, 6.45) is 0. The van der Waals surface area contributed by atoms with Crippen molar-refractivity contribution in [1.82, 2.24) is 4.72 Å². The Hall–Kier alpha value is -2.98. The first-order valence-electron chi connectivity index (χ1n) is 8.36. The second-order valence-electron chi connectivity index (χ2n) is 6.27. The van der Waals surface area contributed by atoms with Crippen LogP contribution in [0.1, 0.15) is 11.1 Å². The van der Waals surface area contributed by atoms with Crippen molar-refractivity contribution in [2.24, 2.45) is 0 Å². The van der Waals surface area contributed by atoms with Gasteiger partial charge in [0, 0.05) is 18.8 Å². The van der Waals surface area contributed by atoms with Gasteiger partial charge in [0.05, 0.1) is 16.4 Å². The highest BCUT2D eigenvalue weighted by atomic mass is 32.2. The van der Waals surface area contributed by atoms with Crippen molar-refractivity contribution in [3.05, 3.63) is 57.6 Å². The first-order valence-corrected chi connectivity index (χ1v) is 9.84. The summed E-state index contributed by atoms with van der Waals surface area (Å²) < 4.78 is 25.9. The largest absolute Gasteiger partial charge is 0.360 e. The van der Waals surface area contributed by atoms with Crippen LogP contribution in [-0.4, -0.2) is 39.9 Å². The van der Waals surface area contributed by atoms with Gasteiger partial charge >= 0.3 is 0 Å². The number of nitro benzene ring substituents is 1. The van der Waals surface area contributed by atoms with Gasteiger partial charge in [-0.1, -0.05) is 12.1 Å². The summed E-state index contributed by atoms with van der Waals surface area (Å²) in [4.78, 5) is 24.3. The first-order chi connectivity index (χ1) is 13.1. The number of carbonyl (C=O) groups is 1. The van der Waals surface area contributed by atoms with E-state index >= 15 is 0 Å². The molecule has 0 bridgehead atoms. The molecule has 2 N–H and O–H groups in total. The van der Waals surface area contributed by atoms with Crippen molar-refractivity contribution >= 4 is 33.0 Å². The molecule has 0 heterocycles. The lowest BCUT2D eigenvalue weighted by atomic mass is 10.1. The van der Waals surface area contributed by atoms with Crippen LogP contribution in [0.5, 0.6) is 0 Å². The van der Waals surface area contributed by atoms with Gasteiger partial charge < -0.3 is 10.2 Å². The van der Waals surface area contributed by atoms with E-state index in [0.717, 1.165) is 17.2 Å². The van der Waals surface area contributed by atoms with E-state index in [9.17, 15) is 23.3 Å². The maximum Gasteiger partial charge on any atom is 0.293 e. The van der Waals surface area contributed by atoms with Crippen molar-refractivity contribution in [2.75, 3.05) is 30.9 Å². The molecule has 0 fully saturated rings. The highest BCUT2D eigenvalue weighted by Gasteiger charge is 2.23. The molecular formula is C18H22N4O5S. The van der Waals surface area contributed by atoms with Crippen LogP contribution < -0.4 is 14.9 Å². The molecule has 0 aromatic heterocycles. The number of amides is 1. The van der Waals surface area contributed by atoms with Crippen LogP contribution in [0.2, 0.25) is 0 Å². The van der Waals surface area contributed by atoms with E-state index in [1.54, 1.807) is 6.07 Å². The molecule has 9 nitrogen and oxygen atoms in total. The van der Waals surface area contributed by atoms with Gasteiger partial charge in [0.15, 0.2) is 0 Å². The summed E-state index contributed by atoms with van der Waals surface area (Å²) >= 11 is 0. The molecule has 0 saturated heterocycles. The zero-order valence-corrected chi connectivity index (χ0v) is 16.8. The standard InChI is InChI=1S/C18H22N4O5S/c1-12-6-5-7-15(13(12)2)20-18(23)11-21(4)16-9-8-14(28(26,27)19-3)10-17(16)22(24)25/h5-10,19H,11H2,1-4H3,(H,20,23). The number of nitro groups is 1. The Kier molecular flexibility index (Phi) is 6.37. The number of rotatable bonds is 7. The van der Waals surface area contributed by atoms with Gasteiger partial charge in [0.2, 0.25) is 15.9 Å². The van der Waals surface area contributed by atoms with Crippen molar-refractivity contribution in [1.29, 1.82) is 0 Å². The van der Waals surface area contributed by atoms with Crippen molar-refractivity contribution in [2.45, 2.75) is 18.7 Å². The predicted molar refractivity (Wildman–Crippen MR) is 107 cm³/mol. The maximum absolute atomic E-state index is 12.4. The minimum Gasteiger partial charge on any atom is -0.360 e. The van der Waals surface area contributed by atoms with E-state index in [4.69, 9.17) is 0 Å². The first kappa shape index (κ1) is 21.3. The van der Waals surface area contributed by atoms with Crippen molar-refractivity contribution in [3.63, 3.8) is 0 Å². The lowest BCUT2D eigenvalue weighted by molar-refractivity contribution is -0.384. The molecule has 2 aromatic carbocycles. The maximum atomic E-state index is 12.4. The van der Waals surface area contributed by atoms with Crippen LogP contribution in [0.15, 0.2) is 41.3 Å². The third kappa shape index (κ3) is 4.65. The zero-order valence-electron chi connectivity index (χ0n) is 16.0. The molecule has 1 amide bonds. The quantitative estimate of drug-likeness (QED) is 0.537. The molecule has 0 unspecified atom stereocenters. The number of nitrogens with one attached hydrogen (secondary N) is 2. The van der Waals surface area contributed by atoms with Crippen LogP contribution in [0.25, 0.3) is 0 Å². The lowest BCUT2D eigenvalue weighted by Gasteiger charge is -2.20. The highest BCUT2D eigenvalue weighted by molar-refractivity contribution is 7.89. The predicted octanol–water partition coefficient (Wildman–Crippen LogP) is 2.19. The number of anilines is 2. The topological polar surface area (TPSA) is 122 Å². The zero-order chi connectivity index (χ0) is 21.1. The molecule has 0 saturated carbocycles. The van der Waals surface area contributed by atoms with Crippen LogP contribution >= 0.6 is 0 Å². The number of likely N-dealkylation sites (N-methyl/N-ethyl adjacent to an activating group) is 1. The Morgan fingerprint density at radius 3 is 2.50 bits per heavy atom. The molecule has 0 spiro atoms. The Balaban J connectivity index is 2.25. The molecule has 2 aromatic rings. The number of carbonyl (C=O) groups excluding carboxylic acids is 1. The number of aryl methyl sites for hydroxylation is 1. The lowest BCUT2D eigenvalue weighted by Crippen LogP contribution is -2.30. The second-order valence-corrected chi connectivity index (χ2v) is 8.15. The van der Waals surface area contributed by atoms with Crippen LogP contribution in [-0.2, 0) is 14.8 Å². The molecule has 0 aliphatic rings. The average Bonchev–Trinajstić information content (AvgIpc) is 2.64. The normalized spacial score (nSPS) is 11.1. The van der Waals surface area contributed by atoms with Crippen LogP contribution in [0, 0.1) is 24.0 Å². The molecule has 28 heavy (non-hydrogen) atoms. The molecule has 0 radical (unpaired) electrons. The highest BCUT2D eigenvalue weighted by Crippen LogP contribution is 2.30. The molecule has 0 atom stereocenters. The van der Waals surface area contributed by atoms with Crippen molar-refractivity contribution in [3.8, 4) is 0 Å². The molecular weight excluding hydrogens is 384 g/mol. The van der Waals surface area contributed by atoms with Crippen LogP contribution in [0.3, 0.4) is 0 Å². The number of nitrogens with zero attached hydrogens (tertiary/aromatic N) is 2. The van der Waals surface area contributed by atoms with Gasteiger partial charge in [0.1, 0.15) is 5.69 Å².